The standard InChI is InChI=1S/C12H17BrN2O2/c1-2-4-11-14-10(13)7-12(15-11)17-8-9-5-3-6-16-9/h7,9H,2-6,8H2,1H3. The molecule has 1 aromatic heterocycles. The molecule has 0 aromatic carbocycles. The molecule has 2 rings (SSSR count). The number of halogens is 1. The highest BCUT2D eigenvalue weighted by molar-refractivity contribution is 9.10. The molecule has 1 unspecified atom stereocenters. The van der Waals surface area contributed by atoms with Crippen molar-refractivity contribution >= 4 is 15.9 Å². The quantitative estimate of drug-likeness (QED) is 0.784. The van der Waals surface area contributed by atoms with Crippen LogP contribution in [0, 0.1) is 0 Å². The van der Waals surface area contributed by atoms with Crippen molar-refractivity contribution < 1.29 is 9.47 Å². The summed E-state index contributed by atoms with van der Waals surface area (Å²) in [6.07, 6.45) is 4.33. The number of hydrogen-bond donors (Lipinski definition) is 0. The highest BCUT2D eigenvalue weighted by Crippen LogP contribution is 2.17. The van der Waals surface area contributed by atoms with Crippen molar-refractivity contribution in [2.75, 3.05) is 13.2 Å². The van der Waals surface area contributed by atoms with Crippen LogP contribution in [0.25, 0.3) is 0 Å². The average molecular weight is 301 g/mol. The van der Waals surface area contributed by atoms with Crippen molar-refractivity contribution in [3.8, 4) is 5.88 Å². The largest absolute Gasteiger partial charge is 0.475 e. The molecule has 5 heteroatoms. The summed E-state index contributed by atoms with van der Waals surface area (Å²) in [6, 6.07) is 1.80. The smallest absolute Gasteiger partial charge is 0.217 e. The van der Waals surface area contributed by atoms with Crippen LogP contribution in [0.4, 0.5) is 0 Å². The minimum absolute atomic E-state index is 0.221. The van der Waals surface area contributed by atoms with E-state index in [1.165, 1.54) is 0 Å². The van der Waals surface area contributed by atoms with Crippen molar-refractivity contribution in [1.82, 2.24) is 9.97 Å². The minimum Gasteiger partial charge on any atom is -0.475 e. The number of aromatic nitrogens is 2. The van der Waals surface area contributed by atoms with E-state index in [1.54, 1.807) is 6.07 Å². The second-order valence-corrected chi connectivity index (χ2v) is 4.95. The van der Waals surface area contributed by atoms with Gasteiger partial charge in [0, 0.05) is 19.1 Å². The zero-order chi connectivity index (χ0) is 12.1. The summed E-state index contributed by atoms with van der Waals surface area (Å²) in [5, 5.41) is 0. The molecule has 1 aliphatic rings. The van der Waals surface area contributed by atoms with E-state index in [1.807, 2.05) is 0 Å². The van der Waals surface area contributed by atoms with Crippen molar-refractivity contribution in [2.45, 2.75) is 38.7 Å². The zero-order valence-electron chi connectivity index (χ0n) is 9.99. The van der Waals surface area contributed by atoms with Crippen LogP contribution in [0.15, 0.2) is 10.7 Å². The van der Waals surface area contributed by atoms with Crippen molar-refractivity contribution in [3.05, 3.63) is 16.5 Å². The van der Waals surface area contributed by atoms with Crippen LogP contribution in [0.2, 0.25) is 0 Å². The predicted molar refractivity (Wildman–Crippen MR) is 68.2 cm³/mol. The highest BCUT2D eigenvalue weighted by Gasteiger charge is 2.16. The fourth-order valence-corrected chi connectivity index (χ4v) is 2.21. The molecule has 0 radical (unpaired) electrons. The first-order chi connectivity index (χ1) is 8.28. The van der Waals surface area contributed by atoms with Gasteiger partial charge >= 0.3 is 0 Å². The summed E-state index contributed by atoms with van der Waals surface area (Å²) in [5.41, 5.74) is 0. The summed E-state index contributed by atoms with van der Waals surface area (Å²) in [7, 11) is 0. The molecule has 0 amide bonds. The Morgan fingerprint density at radius 1 is 1.53 bits per heavy atom. The van der Waals surface area contributed by atoms with Crippen LogP contribution in [-0.4, -0.2) is 29.3 Å². The minimum atomic E-state index is 0.221. The third kappa shape index (κ3) is 3.92. The van der Waals surface area contributed by atoms with Gasteiger partial charge in [0.1, 0.15) is 17.0 Å². The van der Waals surface area contributed by atoms with Crippen LogP contribution >= 0.6 is 15.9 Å². The summed E-state index contributed by atoms with van der Waals surface area (Å²) in [4.78, 5) is 8.66. The van der Waals surface area contributed by atoms with Gasteiger partial charge in [0.05, 0.1) is 6.10 Å². The molecule has 1 aliphatic heterocycles. The van der Waals surface area contributed by atoms with Crippen molar-refractivity contribution in [1.29, 1.82) is 0 Å². The van der Waals surface area contributed by atoms with Crippen molar-refractivity contribution in [2.24, 2.45) is 0 Å². The van der Waals surface area contributed by atoms with Crippen LogP contribution in [0.3, 0.4) is 0 Å². The Morgan fingerprint density at radius 3 is 3.12 bits per heavy atom. The van der Waals surface area contributed by atoms with Gasteiger partial charge in [0.25, 0.3) is 0 Å². The van der Waals surface area contributed by atoms with E-state index in [0.29, 0.717) is 12.5 Å². The maximum absolute atomic E-state index is 5.65. The van der Waals surface area contributed by atoms with E-state index >= 15 is 0 Å². The van der Waals surface area contributed by atoms with Gasteiger partial charge in [-0.05, 0) is 35.2 Å². The lowest BCUT2D eigenvalue weighted by Crippen LogP contribution is -2.17. The Morgan fingerprint density at radius 2 is 2.41 bits per heavy atom. The van der Waals surface area contributed by atoms with Gasteiger partial charge in [-0.3, -0.25) is 0 Å². The third-order valence-corrected chi connectivity index (χ3v) is 3.04. The van der Waals surface area contributed by atoms with E-state index in [0.717, 1.165) is 42.7 Å². The van der Waals surface area contributed by atoms with Crippen LogP contribution in [-0.2, 0) is 11.2 Å². The van der Waals surface area contributed by atoms with Crippen LogP contribution < -0.4 is 4.74 Å². The topological polar surface area (TPSA) is 44.2 Å². The number of ether oxygens (including phenoxy) is 2. The highest BCUT2D eigenvalue weighted by atomic mass is 79.9. The molecule has 0 spiro atoms. The monoisotopic (exact) mass is 300 g/mol. The lowest BCUT2D eigenvalue weighted by atomic mass is 10.2. The molecule has 1 fully saturated rings. The number of aryl methyl sites for hydroxylation is 1. The second kappa shape index (κ2) is 6.31. The average Bonchev–Trinajstić information content (AvgIpc) is 2.79. The van der Waals surface area contributed by atoms with Gasteiger partial charge in [0.2, 0.25) is 5.88 Å². The molecule has 4 nitrogen and oxygen atoms in total. The first kappa shape index (κ1) is 12.8. The zero-order valence-corrected chi connectivity index (χ0v) is 11.6. The summed E-state index contributed by atoms with van der Waals surface area (Å²) in [6.45, 7) is 3.54. The molecule has 0 aliphatic carbocycles. The summed E-state index contributed by atoms with van der Waals surface area (Å²) in [5.74, 6) is 1.45. The first-order valence-corrected chi connectivity index (χ1v) is 6.85. The third-order valence-electron chi connectivity index (χ3n) is 2.63. The number of hydrogen-bond acceptors (Lipinski definition) is 4. The molecular weight excluding hydrogens is 284 g/mol. The first-order valence-electron chi connectivity index (χ1n) is 6.06. The molecule has 17 heavy (non-hydrogen) atoms. The van der Waals surface area contributed by atoms with Gasteiger partial charge < -0.3 is 9.47 Å². The van der Waals surface area contributed by atoms with Gasteiger partial charge in [-0.1, -0.05) is 6.92 Å². The normalized spacial score (nSPS) is 19.5. The Kier molecular flexibility index (Phi) is 4.74. The van der Waals surface area contributed by atoms with Gasteiger partial charge in [-0.15, -0.1) is 0 Å². The molecule has 1 atom stereocenters. The lowest BCUT2D eigenvalue weighted by molar-refractivity contribution is 0.0661. The molecule has 0 saturated carbocycles. The molecule has 0 bridgehead atoms. The lowest BCUT2D eigenvalue weighted by Gasteiger charge is -2.11. The predicted octanol–water partition coefficient (Wildman–Crippen LogP) is 2.75. The van der Waals surface area contributed by atoms with E-state index in [9.17, 15) is 0 Å². The fourth-order valence-electron chi connectivity index (χ4n) is 1.81. The second-order valence-electron chi connectivity index (χ2n) is 4.14. The summed E-state index contributed by atoms with van der Waals surface area (Å²) < 4.78 is 11.9. The molecule has 0 N–H and O–H groups in total. The molecule has 1 saturated heterocycles. The number of rotatable bonds is 5. The van der Waals surface area contributed by atoms with E-state index in [2.05, 4.69) is 32.8 Å². The Hall–Kier alpha value is -0.680. The SMILES string of the molecule is CCCc1nc(Br)cc(OCC2CCCO2)n1. The van der Waals surface area contributed by atoms with Crippen molar-refractivity contribution in [3.63, 3.8) is 0 Å². The van der Waals surface area contributed by atoms with E-state index in [-0.39, 0.29) is 6.10 Å². The van der Waals surface area contributed by atoms with Gasteiger partial charge in [-0.25, -0.2) is 4.98 Å². The number of nitrogens with zero attached hydrogens (tertiary/aromatic N) is 2. The maximum atomic E-state index is 5.65. The van der Waals surface area contributed by atoms with Crippen LogP contribution in [0.5, 0.6) is 5.88 Å². The van der Waals surface area contributed by atoms with E-state index in [4.69, 9.17) is 9.47 Å². The maximum Gasteiger partial charge on any atom is 0.217 e. The molecule has 2 heterocycles. The van der Waals surface area contributed by atoms with E-state index < -0.39 is 0 Å². The van der Waals surface area contributed by atoms with Gasteiger partial charge in [0.15, 0.2) is 0 Å². The Labute approximate surface area is 110 Å². The Bertz CT molecular complexity index is 368. The van der Waals surface area contributed by atoms with Gasteiger partial charge in [-0.2, -0.15) is 4.98 Å². The molecular formula is C12H17BrN2O2. The summed E-state index contributed by atoms with van der Waals surface area (Å²) >= 11 is 3.37. The molecule has 94 valence electrons. The van der Waals surface area contributed by atoms with Crippen LogP contribution in [0.1, 0.15) is 32.0 Å². The Balaban J connectivity index is 1.94. The fraction of sp³-hybridized carbons (Fsp3) is 0.667. The molecule has 1 aromatic rings.